The first-order valence-electron chi connectivity index (χ1n) is 6.99. The number of para-hydroxylation sites is 1. The van der Waals surface area contributed by atoms with Crippen LogP contribution < -0.4 is 5.73 Å². The Balaban J connectivity index is 1.96. The summed E-state index contributed by atoms with van der Waals surface area (Å²) in [5, 5.41) is 1.18. The third-order valence-corrected chi connectivity index (χ3v) is 4.31. The van der Waals surface area contributed by atoms with Crippen molar-refractivity contribution in [1.82, 2.24) is 4.98 Å². The number of pyridine rings is 1. The van der Waals surface area contributed by atoms with Gasteiger partial charge in [0.05, 0.1) is 5.52 Å². The van der Waals surface area contributed by atoms with Crippen LogP contribution in [-0.4, -0.2) is 4.98 Å². The molecule has 0 bridgehead atoms. The molecule has 0 amide bonds. The highest BCUT2D eigenvalue weighted by Gasteiger charge is 2.12. The van der Waals surface area contributed by atoms with Crippen LogP contribution in [0.5, 0.6) is 0 Å². The van der Waals surface area contributed by atoms with Gasteiger partial charge in [-0.2, -0.15) is 0 Å². The predicted molar refractivity (Wildman–Crippen MR) is 91.3 cm³/mol. The summed E-state index contributed by atoms with van der Waals surface area (Å²) in [6.45, 7) is 2.10. The quantitative estimate of drug-likeness (QED) is 0.759. The molecule has 1 unspecified atom stereocenters. The SMILES string of the molecule is Cc1ccc(Br)cc1C(N)Cc1ccnc2ccccc12. The third kappa shape index (κ3) is 2.99. The molecule has 3 rings (SSSR count). The van der Waals surface area contributed by atoms with E-state index < -0.39 is 0 Å². The number of halogens is 1. The number of aromatic nitrogens is 1. The van der Waals surface area contributed by atoms with Crippen molar-refractivity contribution in [2.45, 2.75) is 19.4 Å². The monoisotopic (exact) mass is 340 g/mol. The zero-order valence-electron chi connectivity index (χ0n) is 11.9. The highest BCUT2D eigenvalue weighted by atomic mass is 79.9. The molecule has 0 spiro atoms. The van der Waals surface area contributed by atoms with Crippen molar-refractivity contribution < 1.29 is 0 Å². The third-order valence-electron chi connectivity index (χ3n) is 3.82. The number of hydrogen-bond acceptors (Lipinski definition) is 2. The Kier molecular flexibility index (Phi) is 4.04. The lowest BCUT2D eigenvalue weighted by Crippen LogP contribution is -2.15. The van der Waals surface area contributed by atoms with Crippen LogP contribution in [0, 0.1) is 6.92 Å². The van der Waals surface area contributed by atoms with Crippen LogP contribution in [0.3, 0.4) is 0 Å². The fraction of sp³-hybridized carbons (Fsp3) is 0.167. The minimum atomic E-state index is -0.0201. The smallest absolute Gasteiger partial charge is 0.0704 e. The molecule has 2 nitrogen and oxygen atoms in total. The summed E-state index contributed by atoms with van der Waals surface area (Å²) in [4.78, 5) is 4.41. The van der Waals surface area contributed by atoms with Gasteiger partial charge in [-0.05, 0) is 54.3 Å². The molecular formula is C18H17BrN2. The molecule has 0 saturated heterocycles. The van der Waals surface area contributed by atoms with Gasteiger partial charge in [0.15, 0.2) is 0 Å². The van der Waals surface area contributed by atoms with Crippen LogP contribution >= 0.6 is 15.9 Å². The van der Waals surface area contributed by atoms with Gasteiger partial charge < -0.3 is 5.73 Å². The van der Waals surface area contributed by atoms with Gasteiger partial charge in [-0.1, -0.05) is 40.2 Å². The lowest BCUT2D eigenvalue weighted by Gasteiger charge is -2.16. The van der Waals surface area contributed by atoms with Crippen molar-refractivity contribution in [1.29, 1.82) is 0 Å². The van der Waals surface area contributed by atoms with Gasteiger partial charge in [-0.25, -0.2) is 0 Å². The van der Waals surface area contributed by atoms with E-state index in [0.29, 0.717) is 0 Å². The van der Waals surface area contributed by atoms with Gasteiger partial charge in [-0.3, -0.25) is 4.98 Å². The summed E-state index contributed by atoms with van der Waals surface area (Å²) in [5.41, 5.74) is 11.1. The minimum Gasteiger partial charge on any atom is -0.324 e. The van der Waals surface area contributed by atoms with E-state index in [4.69, 9.17) is 5.73 Å². The van der Waals surface area contributed by atoms with Crippen LogP contribution in [0.25, 0.3) is 10.9 Å². The van der Waals surface area contributed by atoms with Crippen molar-refractivity contribution in [2.75, 3.05) is 0 Å². The molecule has 21 heavy (non-hydrogen) atoms. The lowest BCUT2D eigenvalue weighted by molar-refractivity contribution is 0.719. The average molecular weight is 341 g/mol. The second-order valence-electron chi connectivity index (χ2n) is 5.30. The van der Waals surface area contributed by atoms with Gasteiger partial charge >= 0.3 is 0 Å². The molecule has 1 atom stereocenters. The van der Waals surface area contributed by atoms with Gasteiger partial charge in [0.25, 0.3) is 0 Å². The molecule has 3 aromatic rings. The molecule has 0 aliphatic carbocycles. The standard InChI is InChI=1S/C18H17BrN2/c1-12-6-7-14(19)11-16(12)17(20)10-13-8-9-21-18-5-3-2-4-15(13)18/h2-9,11,17H,10,20H2,1H3. The van der Waals surface area contributed by atoms with Crippen LogP contribution in [0.4, 0.5) is 0 Å². The topological polar surface area (TPSA) is 38.9 Å². The van der Waals surface area contributed by atoms with Crippen LogP contribution in [0.2, 0.25) is 0 Å². The molecule has 2 aromatic carbocycles. The molecule has 1 aromatic heterocycles. The number of aryl methyl sites for hydroxylation is 1. The highest BCUT2D eigenvalue weighted by molar-refractivity contribution is 9.10. The fourth-order valence-corrected chi connectivity index (χ4v) is 3.07. The van der Waals surface area contributed by atoms with Crippen molar-refractivity contribution in [3.05, 3.63) is 75.9 Å². The number of hydrogen-bond donors (Lipinski definition) is 1. The number of nitrogens with two attached hydrogens (primary N) is 1. The molecule has 106 valence electrons. The maximum Gasteiger partial charge on any atom is 0.0704 e. The van der Waals surface area contributed by atoms with Crippen LogP contribution in [0.1, 0.15) is 22.7 Å². The Morgan fingerprint density at radius 3 is 2.81 bits per heavy atom. The van der Waals surface area contributed by atoms with E-state index in [1.165, 1.54) is 22.1 Å². The summed E-state index contributed by atoms with van der Waals surface area (Å²) < 4.78 is 1.07. The molecule has 0 saturated carbocycles. The van der Waals surface area contributed by atoms with Gasteiger partial charge in [0, 0.05) is 22.1 Å². The second kappa shape index (κ2) is 5.96. The maximum absolute atomic E-state index is 6.45. The molecular weight excluding hydrogens is 324 g/mol. The largest absolute Gasteiger partial charge is 0.324 e. The predicted octanol–water partition coefficient (Wildman–Crippen LogP) is 4.55. The number of rotatable bonds is 3. The van der Waals surface area contributed by atoms with Crippen molar-refractivity contribution >= 4 is 26.8 Å². The summed E-state index contributed by atoms with van der Waals surface area (Å²) in [6.07, 6.45) is 2.67. The summed E-state index contributed by atoms with van der Waals surface area (Å²) in [7, 11) is 0. The number of nitrogens with zero attached hydrogens (tertiary/aromatic N) is 1. The van der Waals surface area contributed by atoms with Crippen molar-refractivity contribution in [2.24, 2.45) is 5.73 Å². The summed E-state index contributed by atoms with van der Waals surface area (Å²) in [6, 6.07) is 16.5. The maximum atomic E-state index is 6.45. The number of benzene rings is 2. The Labute approximate surface area is 133 Å². The van der Waals surface area contributed by atoms with E-state index in [0.717, 1.165) is 16.4 Å². The van der Waals surface area contributed by atoms with E-state index in [-0.39, 0.29) is 6.04 Å². The summed E-state index contributed by atoms with van der Waals surface area (Å²) in [5.74, 6) is 0. The Hall–Kier alpha value is -1.71. The Morgan fingerprint density at radius 2 is 1.95 bits per heavy atom. The average Bonchev–Trinajstić information content (AvgIpc) is 2.50. The molecule has 0 aliphatic rings. The second-order valence-corrected chi connectivity index (χ2v) is 6.21. The number of fused-ring (bicyclic) bond motifs is 1. The van der Waals surface area contributed by atoms with Crippen molar-refractivity contribution in [3.8, 4) is 0 Å². The van der Waals surface area contributed by atoms with Gasteiger partial charge in [0.1, 0.15) is 0 Å². The van der Waals surface area contributed by atoms with E-state index >= 15 is 0 Å². The zero-order chi connectivity index (χ0) is 14.8. The lowest BCUT2D eigenvalue weighted by atomic mass is 9.95. The van der Waals surface area contributed by atoms with E-state index in [9.17, 15) is 0 Å². The van der Waals surface area contributed by atoms with Crippen molar-refractivity contribution in [3.63, 3.8) is 0 Å². The molecule has 0 aliphatic heterocycles. The first-order valence-corrected chi connectivity index (χ1v) is 7.78. The highest BCUT2D eigenvalue weighted by Crippen LogP contribution is 2.26. The van der Waals surface area contributed by atoms with Gasteiger partial charge in [0.2, 0.25) is 0 Å². The molecule has 2 N–H and O–H groups in total. The fourth-order valence-electron chi connectivity index (χ4n) is 2.69. The Morgan fingerprint density at radius 1 is 1.14 bits per heavy atom. The van der Waals surface area contributed by atoms with E-state index in [1.807, 2.05) is 30.5 Å². The zero-order valence-corrected chi connectivity index (χ0v) is 13.5. The first-order chi connectivity index (χ1) is 10.1. The first kappa shape index (κ1) is 14.2. The Bertz CT molecular complexity index is 778. The molecule has 0 radical (unpaired) electrons. The normalized spacial score (nSPS) is 12.5. The van der Waals surface area contributed by atoms with E-state index in [1.54, 1.807) is 0 Å². The molecule has 3 heteroatoms. The molecule has 1 heterocycles. The molecule has 0 fully saturated rings. The van der Waals surface area contributed by atoms with Crippen LogP contribution in [0.15, 0.2) is 59.2 Å². The van der Waals surface area contributed by atoms with Crippen LogP contribution in [-0.2, 0) is 6.42 Å². The minimum absolute atomic E-state index is 0.0201. The van der Waals surface area contributed by atoms with E-state index in [2.05, 4.69) is 52.1 Å². The van der Waals surface area contributed by atoms with Gasteiger partial charge in [-0.15, -0.1) is 0 Å². The summed E-state index contributed by atoms with van der Waals surface area (Å²) >= 11 is 3.52.